The van der Waals surface area contributed by atoms with Crippen LogP contribution in [0.2, 0.25) is 0 Å². The van der Waals surface area contributed by atoms with Crippen LogP contribution in [0.5, 0.6) is 0 Å². The lowest BCUT2D eigenvalue weighted by Crippen LogP contribution is -2.41. The van der Waals surface area contributed by atoms with Crippen LogP contribution in [0.15, 0.2) is 24.3 Å². The number of nitrogens with two attached hydrogens (primary N) is 1. The third-order valence-corrected chi connectivity index (χ3v) is 4.65. The summed E-state index contributed by atoms with van der Waals surface area (Å²) in [6, 6.07) is 7.50. The summed E-state index contributed by atoms with van der Waals surface area (Å²) in [5.41, 5.74) is 7.12. The van der Waals surface area contributed by atoms with Crippen LogP contribution in [0, 0.1) is 5.41 Å². The van der Waals surface area contributed by atoms with Gasteiger partial charge in [0.2, 0.25) is 5.91 Å². The van der Waals surface area contributed by atoms with Gasteiger partial charge in [0.1, 0.15) is 0 Å². The molecule has 2 rings (SSSR count). The van der Waals surface area contributed by atoms with E-state index in [0.717, 1.165) is 38.9 Å². The maximum Gasteiger partial charge on any atom is 0.248 e. The Kier molecular flexibility index (Phi) is 4.78. The number of hydrogen-bond acceptors (Lipinski definition) is 3. The molecule has 110 valence electrons. The highest BCUT2D eigenvalue weighted by Crippen LogP contribution is 2.34. The molecule has 1 heterocycles. The van der Waals surface area contributed by atoms with E-state index in [2.05, 4.69) is 11.8 Å². The lowest BCUT2D eigenvalue weighted by atomic mass is 9.77. The van der Waals surface area contributed by atoms with Crippen molar-refractivity contribution in [3.63, 3.8) is 0 Å². The van der Waals surface area contributed by atoms with Crippen LogP contribution < -0.4 is 5.73 Å². The van der Waals surface area contributed by atoms with E-state index < -0.39 is 0 Å². The largest absolute Gasteiger partial charge is 0.396 e. The Balaban J connectivity index is 1.91. The molecule has 1 fully saturated rings. The molecule has 3 N–H and O–H groups in total. The first-order chi connectivity index (χ1) is 9.58. The van der Waals surface area contributed by atoms with Crippen molar-refractivity contribution in [3.8, 4) is 0 Å². The zero-order chi connectivity index (χ0) is 14.6. The fourth-order valence-electron chi connectivity index (χ4n) is 2.84. The number of amides is 1. The van der Waals surface area contributed by atoms with Gasteiger partial charge in [0.15, 0.2) is 0 Å². The molecule has 1 aromatic carbocycles. The van der Waals surface area contributed by atoms with E-state index in [1.54, 1.807) is 12.1 Å². The minimum absolute atomic E-state index is 0.131. The molecule has 1 aliphatic rings. The maximum absolute atomic E-state index is 11.0. The van der Waals surface area contributed by atoms with Crippen LogP contribution in [0.3, 0.4) is 0 Å². The highest BCUT2D eigenvalue weighted by Gasteiger charge is 2.32. The summed E-state index contributed by atoms with van der Waals surface area (Å²) in [5.74, 6) is -0.384. The summed E-state index contributed by atoms with van der Waals surface area (Å²) in [7, 11) is 0. The van der Waals surface area contributed by atoms with E-state index in [1.807, 2.05) is 12.1 Å². The number of rotatable bonds is 5. The second kappa shape index (κ2) is 6.37. The molecule has 1 aliphatic heterocycles. The zero-order valence-electron chi connectivity index (χ0n) is 12.1. The summed E-state index contributed by atoms with van der Waals surface area (Å²) in [5, 5.41) is 9.54. The number of aliphatic hydroxyl groups excluding tert-OH is 1. The Bertz CT molecular complexity index is 442. The van der Waals surface area contributed by atoms with E-state index in [-0.39, 0.29) is 11.3 Å². The lowest BCUT2D eigenvalue weighted by Gasteiger charge is -2.40. The molecule has 4 heteroatoms. The molecule has 4 nitrogen and oxygen atoms in total. The van der Waals surface area contributed by atoms with Crippen molar-refractivity contribution in [2.24, 2.45) is 11.1 Å². The first kappa shape index (κ1) is 15.0. The number of carbonyl (C=O) groups excluding carboxylic acids is 1. The van der Waals surface area contributed by atoms with Gasteiger partial charge in [-0.15, -0.1) is 0 Å². The molecule has 0 aliphatic carbocycles. The van der Waals surface area contributed by atoms with E-state index in [1.165, 1.54) is 5.56 Å². The maximum atomic E-state index is 11.0. The molecular weight excluding hydrogens is 252 g/mol. The molecule has 0 aromatic heterocycles. The van der Waals surface area contributed by atoms with Gasteiger partial charge in [0.05, 0.1) is 0 Å². The molecular formula is C16H24N2O2. The fraction of sp³-hybridized carbons (Fsp3) is 0.562. The zero-order valence-corrected chi connectivity index (χ0v) is 12.1. The predicted molar refractivity (Wildman–Crippen MR) is 79.3 cm³/mol. The van der Waals surface area contributed by atoms with E-state index in [0.29, 0.717) is 12.2 Å². The van der Waals surface area contributed by atoms with Crippen molar-refractivity contribution in [2.75, 3.05) is 19.7 Å². The number of aliphatic hydroxyl groups is 1. The normalized spacial score (nSPS) is 18.9. The summed E-state index contributed by atoms with van der Waals surface area (Å²) in [4.78, 5) is 13.4. The smallest absolute Gasteiger partial charge is 0.248 e. The van der Waals surface area contributed by atoms with Gasteiger partial charge in [-0.25, -0.2) is 0 Å². The SMILES string of the molecule is CCC1(CO)CCN(Cc2ccc(C(N)=O)cc2)CC1. The van der Waals surface area contributed by atoms with Gasteiger partial charge in [0.25, 0.3) is 0 Å². The van der Waals surface area contributed by atoms with Crippen molar-refractivity contribution in [3.05, 3.63) is 35.4 Å². The lowest BCUT2D eigenvalue weighted by molar-refractivity contribution is 0.0382. The number of nitrogens with zero attached hydrogens (tertiary/aromatic N) is 1. The average molecular weight is 276 g/mol. The van der Waals surface area contributed by atoms with Gasteiger partial charge in [0, 0.05) is 18.7 Å². The quantitative estimate of drug-likeness (QED) is 0.861. The molecule has 1 saturated heterocycles. The fourth-order valence-corrected chi connectivity index (χ4v) is 2.84. The van der Waals surface area contributed by atoms with Crippen molar-refractivity contribution in [1.29, 1.82) is 0 Å². The number of likely N-dealkylation sites (tertiary alicyclic amines) is 1. The molecule has 0 spiro atoms. The Hall–Kier alpha value is -1.39. The Labute approximate surface area is 120 Å². The summed E-state index contributed by atoms with van der Waals surface area (Å²) < 4.78 is 0. The molecule has 0 bridgehead atoms. The minimum Gasteiger partial charge on any atom is -0.396 e. The highest BCUT2D eigenvalue weighted by molar-refractivity contribution is 5.92. The molecule has 20 heavy (non-hydrogen) atoms. The topological polar surface area (TPSA) is 66.6 Å². The van der Waals surface area contributed by atoms with Crippen LogP contribution in [0.1, 0.15) is 42.1 Å². The van der Waals surface area contributed by atoms with Crippen molar-refractivity contribution < 1.29 is 9.90 Å². The summed E-state index contributed by atoms with van der Waals surface area (Å²) >= 11 is 0. The van der Waals surface area contributed by atoms with E-state index in [4.69, 9.17) is 5.73 Å². The first-order valence-electron chi connectivity index (χ1n) is 7.30. The molecule has 0 atom stereocenters. The summed E-state index contributed by atoms with van der Waals surface area (Å²) in [6.45, 7) is 5.39. The molecule has 1 amide bonds. The van der Waals surface area contributed by atoms with Crippen LogP contribution in [-0.4, -0.2) is 35.6 Å². The average Bonchev–Trinajstić information content (AvgIpc) is 2.49. The van der Waals surface area contributed by atoms with E-state index >= 15 is 0 Å². The predicted octanol–water partition coefficient (Wildman–Crippen LogP) is 1.77. The van der Waals surface area contributed by atoms with Gasteiger partial charge in [-0.3, -0.25) is 9.69 Å². The van der Waals surface area contributed by atoms with Crippen LogP contribution in [0.4, 0.5) is 0 Å². The Morgan fingerprint density at radius 1 is 1.30 bits per heavy atom. The first-order valence-corrected chi connectivity index (χ1v) is 7.30. The van der Waals surface area contributed by atoms with Crippen LogP contribution in [-0.2, 0) is 6.54 Å². The Morgan fingerprint density at radius 3 is 2.35 bits per heavy atom. The summed E-state index contributed by atoms with van der Waals surface area (Å²) in [6.07, 6.45) is 3.16. The minimum atomic E-state index is -0.384. The second-order valence-corrected chi connectivity index (χ2v) is 5.85. The van der Waals surface area contributed by atoms with Gasteiger partial charge in [-0.2, -0.15) is 0 Å². The second-order valence-electron chi connectivity index (χ2n) is 5.85. The van der Waals surface area contributed by atoms with Gasteiger partial charge >= 0.3 is 0 Å². The number of hydrogen-bond donors (Lipinski definition) is 2. The van der Waals surface area contributed by atoms with Gasteiger partial charge in [-0.1, -0.05) is 19.1 Å². The van der Waals surface area contributed by atoms with Gasteiger partial charge < -0.3 is 10.8 Å². The monoisotopic (exact) mass is 276 g/mol. The van der Waals surface area contributed by atoms with Crippen LogP contribution in [0.25, 0.3) is 0 Å². The van der Waals surface area contributed by atoms with Gasteiger partial charge in [-0.05, 0) is 55.5 Å². The molecule has 0 saturated carbocycles. The third kappa shape index (κ3) is 3.38. The third-order valence-electron chi connectivity index (χ3n) is 4.65. The van der Waals surface area contributed by atoms with E-state index in [9.17, 15) is 9.90 Å². The molecule has 1 aromatic rings. The number of primary amides is 1. The molecule has 0 radical (unpaired) electrons. The highest BCUT2D eigenvalue weighted by atomic mass is 16.3. The van der Waals surface area contributed by atoms with Crippen LogP contribution >= 0.6 is 0 Å². The standard InChI is InChI=1S/C16H24N2O2/c1-2-16(12-19)7-9-18(10-8-16)11-13-3-5-14(6-4-13)15(17)20/h3-6,19H,2,7-12H2,1H3,(H2,17,20). The van der Waals surface area contributed by atoms with Crippen molar-refractivity contribution in [1.82, 2.24) is 4.90 Å². The number of benzene rings is 1. The van der Waals surface area contributed by atoms with Crippen molar-refractivity contribution >= 4 is 5.91 Å². The number of piperidine rings is 1. The van der Waals surface area contributed by atoms with Crippen molar-refractivity contribution in [2.45, 2.75) is 32.7 Å². The molecule has 0 unspecified atom stereocenters. The Morgan fingerprint density at radius 2 is 1.90 bits per heavy atom. The number of carbonyl (C=O) groups is 1.